The van der Waals surface area contributed by atoms with Crippen molar-refractivity contribution in [3.05, 3.63) is 57.5 Å². The van der Waals surface area contributed by atoms with E-state index in [1.165, 1.54) is 0 Å². The number of aryl methyl sites for hydroxylation is 1. The van der Waals surface area contributed by atoms with Crippen LogP contribution in [0.5, 0.6) is 0 Å². The Morgan fingerprint density at radius 1 is 1.29 bits per heavy atom. The van der Waals surface area contributed by atoms with Crippen molar-refractivity contribution in [3.63, 3.8) is 0 Å². The maximum absolute atomic E-state index is 12.3. The molecule has 0 aromatic heterocycles. The summed E-state index contributed by atoms with van der Waals surface area (Å²) < 4.78 is 5.84. The Balaban J connectivity index is 1.54. The summed E-state index contributed by atoms with van der Waals surface area (Å²) in [6.07, 6.45) is 0.0662. The molecule has 6 nitrogen and oxygen atoms in total. The normalized spacial score (nSPS) is 16.2. The van der Waals surface area contributed by atoms with Gasteiger partial charge < -0.3 is 15.0 Å². The minimum Gasteiger partial charge on any atom is -0.455 e. The summed E-state index contributed by atoms with van der Waals surface area (Å²) in [5.74, 6) is -1.77. The summed E-state index contributed by atoms with van der Waals surface area (Å²) in [5.41, 5.74) is 2.10. The molecule has 1 fully saturated rings. The van der Waals surface area contributed by atoms with Crippen molar-refractivity contribution in [2.75, 3.05) is 23.4 Å². The number of halogens is 2. The van der Waals surface area contributed by atoms with Gasteiger partial charge in [0.1, 0.15) is 0 Å². The number of nitrogens with zero attached hydrogens (tertiary/aromatic N) is 1. The maximum atomic E-state index is 12.3. The van der Waals surface area contributed by atoms with Gasteiger partial charge in [-0.15, -0.1) is 0 Å². The number of amides is 2. The third-order valence-corrected chi connectivity index (χ3v) is 5.61. The molecule has 1 saturated heterocycles. The first-order valence-electron chi connectivity index (χ1n) is 8.62. The number of nitrogens with one attached hydrogen (secondary N) is 1. The Morgan fingerprint density at radius 2 is 2.00 bits per heavy atom. The Bertz CT molecular complexity index is 920. The smallest absolute Gasteiger partial charge is 0.311 e. The number of para-hydroxylation sites is 1. The highest BCUT2D eigenvalue weighted by Crippen LogP contribution is 2.29. The molecule has 0 unspecified atom stereocenters. The lowest BCUT2D eigenvalue weighted by Crippen LogP contribution is -2.28. The minimum absolute atomic E-state index is 0.0662. The largest absolute Gasteiger partial charge is 0.455 e. The second-order valence-corrected chi connectivity index (χ2v) is 7.74. The predicted octanol–water partition coefficient (Wildman–Crippen LogP) is 3.95. The number of benzene rings is 2. The van der Waals surface area contributed by atoms with Crippen molar-refractivity contribution in [2.24, 2.45) is 5.92 Å². The van der Waals surface area contributed by atoms with Gasteiger partial charge in [-0.1, -0.05) is 29.8 Å². The molecule has 0 spiro atoms. The van der Waals surface area contributed by atoms with Gasteiger partial charge in [0, 0.05) is 28.8 Å². The first kappa shape index (κ1) is 20.4. The summed E-state index contributed by atoms with van der Waals surface area (Å²) in [6, 6.07) is 12.5. The fourth-order valence-electron chi connectivity index (χ4n) is 2.94. The van der Waals surface area contributed by atoms with Crippen molar-refractivity contribution < 1.29 is 19.1 Å². The highest BCUT2D eigenvalue weighted by molar-refractivity contribution is 9.10. The van der Waals surface area contributed by atoms with Crippen molar-refractivity contribution in [1.29, 1.82) is 0 Å². The zero-order valence-electron chi connectivity index (χ0n) is 15.1. The fraction of sp³-hybridized carbons (Fsp3) is 0.250. The van der Waals surface area contributed by atoms with Gasteiger partial charge in [-0.2, -0.15) is 0 Å². The van der Waals surface area contributed by atoms with Gasteiger partial charge in [-0.3, -0.25) is 14.4 Å². The van der Waals surface area contributed by atoms with Gasteiger partial charge in [-0.25, -0.2) is 0 Å². The van der Waals surface area contributed by atoms with Crippen molar-refractivity contribution in [2.45, 2.75) is 13.3 Å². The van der Waals surface area contributed by atoms with E-state index in [2.05, 4.69) is 21.2 Å². The topological polar surface area (TPSA) is 75.7 Å². The molecule has 0 aliphatic carbocycles. The van der Waals surface area contributed by atoms with E-state index in [1.807, 2.05) is 37.3 Å². The average molecular weight is 466 g/mol. The van der Waals surface area contributed by atoms with E-state index in [0.29, 0.717) is 10.7 Å². The van der Waals surface area contributed by atoms with E-state index in [-0.39, 0.29) is 18.9 Å². The van der Waals surface area contributed by atoms with Crippen molar-refractivity contribution >= 4 is 56.7 Å². The molecule has 1 aliphatic rings. The Morgan fingerprint density at radius 3 is 2.71 bits per heavy atom. The van der Waals surface area contributed by atoms with E-state index in [4.69, 9.17) is 16.3 Å². The molecule has 28 heavy (non-hydrogen) atoms. The highest BCUT2D eigenvalue weighted by atomic mass is 79.9. The fourth-order valence-corrected chi connectivity index (χ4v) is 3.57. The van der Waals surface area contributed by atoms with Crippen LogP contribution in [0.2, 0.25) is 5.02 Å². The van der Waals surface area contributed by atoms with Gasteiger partial charge in [-0.05, 0) is 52.7 Å². The van der Waals surface area contributed by atoms with E-state index in [1.54, 1.807) is 17.0 Å². The summed E-state index contributed by atoms with van der Waals surface area (Å²) in [7, 11) is 0. The zero-order chi connectivity index (χ0) is 20.3. The number of esters is 1. The minimum atomic E-state index is -0.593. The van der Waals surface area contributed by atoms with Crippen LogP contribution in [-0.2, 0) is 19.1 Å². The van der Waals surface area contributed by atoms with Crippen LogP contribution in [-0.4, -0.2) is 30.9 Å². The van der Waals surface area contributed by atoms with Gasteiger partial charge in [0.2, 0.25) is 5.91 Å². The van der Waals surface area contributed by atoms with Crippen LogP contribution in [0.25, 0.3) is 0 Å². The van der Waals surface area contributed by atoms with Gasteiger partial charge in [0.25, 0.3) is 5.91 Å². The van der Waals surface area contributed by atoms with Crippen LogP contribution in [0, 0.1) is 12.8 Å². The summed E-state index contributed by atoms with van der Waals surface area (Å²) in [4.78, 5) is 38.1. The Hall–Kier alpha value is -2.38. The number of carbonyl (C=O) groups is 3. The molecule has 1 atom stereocenters. The van der Waals surface area contributed by atoms with Crippen LogP contribution in [0.4, 0.5) is 11.4 Å². The number of hydrogen-bond donors (Lipinski definition) is 1. The number of anilines is 2. The standard InChI is InChI=1S/C20H18BrClN2O4/c1-12-7-15(21)16(22)9-17(12)23-18(25)11-28-20(27)13-8-19(26)24(10-13)14-5-3-2-4-6-14/h2-7,9,13H,8,10-11H2,1H3,(H,23,25)/t13-/m1/s1. The summed E-state index contributed by atoms with van der Waals surface area (Å²) >= 11 is 9.36. The Kier molecular flexibility index (Phi) is 6.36. The van der Waals surface area contributed by atoms with Gasteiger partial charge >= 0.3 is 5.97 Å². The molecule has 2 aromatic rings. The number of ether oxygens (including phenoxy) is 1. The second kappa shape index (κ2) is 8.75. The van der Waals surface area contributed by atoms with Crippen LogP contribution < -0.4 is 10.2 Å². The third kappa shape index (κ3) is 4.72. The quantitative estimate of drug-likeness (QED) is 0.679. The van der Waals surface area contributed by atoms with E-state index >= 15 is 0 Å². The number of carbonyl (C=O) groups excluding carboxylic acids is 3. The van der Waals surface area contributed by atoms with Gasteiger partial charge in [0.05, 0.1) is 10.9 Å². The van der Waals surface area contributed by atoms with E-state index < -0.39 is 24.4 Å². The molecule has 0 saturated carbocycles. The van der Waals surface area contributed by atoms with Crippen LogP contribution >= 0.6 is 27.5 Å². The number of hydrogen-bond acceptors (Lipinski definition) is 4. The summed E-state index contributed by atoms with van der Waals surface area (Å²) in [6.45, 7) is 1.64. The first-order valence-corrected chi connectivity index (χ1v) is 9.80. The van der Waals surface area contributed by atoms with Crippen LogP contribution in [0.3, 0.4) is 0 Å². The molecule has 0 radical (unpaired) electrons. The summed E-state index contributed by atoms with van der Waals surface area (Å²) in [5, 5.41) is 3.13. The van der Waals surface area contributed by atoms with Crippen molar-refractivity contribution in [1.82, 2.24) is 0 Å². The molecule has 1 N–H and O–H groups in total. The zero-order valence-corrected chi connectivity index (χ0v) is 17.4. The Labute approximate surface area is 175 Å². The molecular formula is C20H18BrClN2O4. The van der Waals surface area contributed by atoms with Gasteiger partial charge in [0.15, 0.2) is 6.61 Å². The SMILES string of the molecule is Cc1cc(Br)c(Cl)cc1NC(=O)COC(=O)[C@@H]1CC(=O)N(c2ccccc2)C1. The maximum Gasteiger partial charge on any atom is 0.311 e. The monoisotopic (exact) mass is 464 g/mol. The molecule has 146 valence electrons. The van der Waals surface area contributed by atoms with Crippen LogP contribution in [0.1, 0.15) is 12.0 Å². The lowest BCUT2D eigenvalue weighted by molar-refractivity contribution is -0.151. The van der Waals surface area contributed by atoms with Crippen molar-refractivity contribution in [3.8, 4) is 0 Å². The van der Waals surface area contributed by atoms with Crippen LogP contribution in [0.15, 0.2) is 46.9 Å². The molecular weight excluding hydrogens is 448 g/mol. The predicted molar refractivity (Wildman–Crippen MR) is 110 cm³/mol. The first-order chi connectivity index (χ1) is 13.3. The molecule has 3 rings (SSSR count). The molecule has 1 aliphatic heterocycles. The molecule has 0 bridgehead atoms. The highest BCUT2D eigenvalue weighted by Gasteiger charge is 2.36. The molecule has 2 amide bonds. The molecule has 1 heterocycles. The van der Waals surface area contributed by atoms with E-state index in [0.717, 1.165) is 15.7 Å². The van der Waals surface area contributed by atoms with E-state index in [9.17, 15) is 14.4 Å². The lowest BCUT2D eigenvalue weighted by Gasteiger charge is -2.16. The molecule has 8 heteroatoms. The molecule has 2 aromatic carbocycles. The third-order valence-electron chi connectivity index (χ3n) is 4.41. The second-order valence-electron chi connectivity index (χ2n) is 6.48. The average Bonchev–Trinajstić information content (AvgIpc) is 3.06. The lowest BCUT2D eigenvalue weighted by atomic mass is 10.1. The number of rotatable bonds is 5.